The molecule has 0 fully saturated rings. The highest BCUT2D eigenvalue weighted by molar-refractivity contribution is 8.78. The summed E-state index contributed by atoms with van der Waals surface area (Å²) >= 11 is 19.8. The number of ether oxygens (including phenoxy) is 3. The van der Waals surface area contributed by atoms with Crippen LogP contribution in [0, 0.1) is 12.8 Å². The van der Waals surface area contributed by atoms with Crippen LogP contribution in [0.2, 0.25) is 0 Å². The summed E-state index contributed by atoms with van der Waals surface area (Å²) in [6.45, 7) is 12.8. The van der Waals surface area contributed by atoms with Gasteiger partial charge >= 0.3 is 0 Å². The Morgan fingerprint density at radius 2 is 1.02 bits per heavy atom. The van der Waals surface area contributed by atoms with Crippen LogP contribution < -0.4 is 41.2 Å². The number of aryl methyl sites for hydroxylation is 1. The van der Waals surface area contributed by atoms with Crippen molar-refractivity contribution in [2.75, 3.05) is 32.0 Å². The first-order chi connectivity index (χ1) is 41.9. The Labute approximate surface area is 611 Å². The van der Waals surface area contributed by atoms with Crippen LogP contribution in [0.25, 0.3) is 0 Å². The second-order valence-electron chi connectivity index (χ2n) is 17.7. The van der Waals surface area contributed by atoms with Crippen molar-refractivity contribution in [3.8, 4) is 23.0 Å². The minimum atomic E-state index is -0.928. The van der Waals surface area contributed by atoms with E-state index < -0.39 is 53.0 Å². The Bertz CT molecular complexity index is 3760. The number of nitrogens with two attached hydrogens (primary N) is 1. The van der Waals surface area contributed by atoms with Crippen LogP contribution >= 0.6 is 48.8 Å². The lowest BCUT2D eigenvalue weighted by atomic mass is 10.0. The molecule has 504 valence electrons. The SMILES string of the molecule is C.COc1cc(C)c(CSC(=O)[C@H](C)NC(=O)[C@H](Cc2ccc(OC(C)(C)C)cc2)NC(=O)[C@@H](C)CSC)c(OC)c1.C[C@H](NC(=O)[C@H](Cc1ccc(O)cc1)NC(=O)[C@@H](N)CS)C(=O)S.S=S=S=S=S=S=S=S=S=S=S=S=S=S=S=S=S=S=S=S=S=S=S. The number of hydrogen-bond acceptors (Lipinski definition) is 16. The topological polar surface area (TPSA) is 224 Å². The molecule has 3 rings (SSSR count). The van der Waals surface area contributed by atoms with E-state index in [1.54, 1.807) is 193 Å². The molecule has 0 saturated carbocycles. The van der Waals surface area contributed by atoms with E-state index in [1.165, 1.54) is 36.8 Å². The van der Waals surface area contributed by atoms with Gasteiger partial charge in [-0.3, -0.25) is 28.8 Å². The van der Waals surface area contributed by atoms with Crippen molar-refractivity contribution >= 4 is 292 Å². The third kappa shape index (κ3) is 43.4. The van der Waals surface area contributed by atoms with Gasteiger partial charge in [-0.25, -0.2) is 0 Å². The number of rotatable bonds is 22. The first kappa shape index (κ1) is 89.5. The molecule has 0 aromatic heterocycles. The lowest BCUT2D eigenvalue weighted by Crippen LogP contribution is -2.54. The third-order valence-corrected chi connectivity index (χ3v) is 57.2. The molecule has 3 aromatic carbocycles. The van der Waals surface area contributed by atoms with Crippen molar-refractivity contribution in [2.24, 2.45) is 11.7 Å². The zero-order valence-electron chi connectivity index (χ0n) is 48.1. The molecular formula is C47H69N5O10S27. The summed E-state index contributed by atoms with van der Waals surface area (Å²) in [5, 5.41) is 19.4. The molecule has 15 nitrogen and oxygen atoms in total. The molecule has 0 saturated heterocycles. The number of hydrogen-bond donors (Lipinski definition) is 8. The number of carbonyl (C=O) groups excluding carboxylic acids is 6. The van der Waals surface area contributed by atoms with E-state index in [1.807, 2.05) is 97.8 Å². The van der Waals surface area contributed by atoms with Gasteiger partial charge in [-0.05, 0) is 94.8 Å². The van der Waals surface area contributed by atoms with E-state index >= 15 is 0 Å². The summed E-state index contributed by atoms with van der Waals surface area (Å²) in [5.74, 6) is 1.35. The maximum Gasteiger partial charge on any atom is 0.243 e. The molecule has 0 spiro atoms. The maximum atomic E-state index is 13.4. The summed E-state index contributed by atoms with van der Waals surface area (Å²) in [4.78, 5) is 74.7. The minimum Gasteiger partial charge on any atom is -0.508 e. The monoisotopic (exact) mass is 1730 g/mol. The number of phenols is 1. The van der Waals surface area contributed by atoms with Crippen LogP contribution in [0.4, 0.5) is 0 Å². The molecule has 0 aliphatic carbocycles. The molecule has 0 aliphatic rings. The fraction of sp³-hybridized carbons (Fsp3) is 0.489. The Morgan fingerprint density at radius 1 is 0.607 bits per heavy atom. The van der Waals surface area contributed by atoms with Gasteiger partial charge in [-0.1, -0.05) is 50.4 Å². The van der Waals surface area contributed by atoms with Crippen LogP contribution in [0.5, 0.6) is 23.0 Å². The molecule has 42 heteroatoms. The summed E-state index contributed by atoms with van der Waals surface area (Å²) < 4.78 is 16.7. The van der Waals surface area contributed by atoms with Crippen molar-refractivity contribution in [3.63, 3.8) is 0 Å². The summed E-state index contributed by atoms with van der Waals surface area (Å²) in [5.41, 5.74) is 8.69. The molecule has 3 aromatic rings. The number of benzene rings is 3. The first-order valence-corrected chi connectivity index (χ1v) is 57.2. The predicted octanol–water partition coefficient (Wildman–Crippen LogP) is 5.40. The van der Waals surface area contributed by atoms with Gasteiger partial charge < -0.3 is 46.3 Å². The van der Waals surface area contributed by atoms with Crippen LogP contribution in [0.3, 0.4) is 0 Å². The second-order valence-corrected chi connectivity index (χ2v) is 57.5. The van der Waals surface area contributed by atoms with Gasteiger partial charge in [0.2, 0.25) is 33.9 Å². The molecule has 0 unspecified atom stereocenters. The minimum absolute atomic E-state index is 0. The fourth-order valence-electron chi connectivity index (χ4n) is 6.04. The van der Waals surface area contributed by atoms with Crippen LogP contribution in [-0.2, 0) is 256 Å². The van der Waals surface area contributed by atoms with Gasteiger partial charge in [0.25, 0.3) is 0 Å². The van der Waals surface area contributed by atoms with Crippen LogP contribution in [0.15, 0.2) is 60.7 Å². The van der Waals surface area contributed by atoms with Gasteiger partial charge in [0.05, 0.1) is 32.3 Å². The number of thiol groups is 2. The van der Waals surface area contributed by atoms with Gasteiger partial charge in [0.1, 0.15) is 40.7 Å². The molecule has 0 radical (unpaired) electrons. The number of methoxy groups -OCH3 is 2. The van der Waals surface area contributed by atoms with E-state index in [0.717, 1.165) is 39.8 Å². The molecule has 6 atom stereocenters. The average Bonchev–Trinajstić information content (AvgIpc) is 2.43. The van der Waals surface area contributed by atoms with Crippen LogP contribution in [-0.4, -0.2) is 107 Å². The average molecular weight is 1730 g/mol. The standard InChI is InChI=1S/C31H44N2O6S2.C15H21N3O4S2.CH4.S23/c1-19-14-24(37-7)16-27(38-8)25(19)18-41-30(36)21(3)32-29(35)26(33-28(34)20(2)17-40-9)15-22-10-12-23(13-11-22)39-31(4,5)6;1-8(15(22)24)17-14(21)12(18-13(20)11(16)7-23)6-9-2-4-10(19)5-3-9;;1-3-5-7-9-11-13-15-17-19-21-23-22-20-18-16-14-12-10-8-6-4-2/h10-14,16,20-21,26H,15,17-18H2,1-9H3,(H,32,35)(H,33,34);2-5,8,11-12,19,23H,6-7,16H2,1H3,(H,17,21)(H,18,20)(H,22,24);1H4;/t20-,21-,26-;8-,11-,12-;;/m00../s1. The van der Waals surface area contributed by atoms with E-state index in [2.05, 4.69) is 46.5 Å². The molecule has 7 N–H and O–H groups in total. The number of amides is 4. The van der Waals surface area contributed by atoms with E-state index in [0.29, 0.717) is 23.0 Å². The van der Waals surface area contributed by atoms with Crippen molar-refractivity contribution in [3.05, 3.63) is 82.9 Å². The van der Waals surface area contributed by atoms with Crippen molar-refractivity contribution in [1.82, 2.24) is 21.3 Å². The fourth-order valence-corrected chi connectivity index (χ4v) is 60.0. The maximum absolute atomic E-state index is 13.4. The highest BCUT2D eigenvalue weighted by atomic mass is 33.5. The van der Waals surface area contributed by atoms with Crippen LogP contribution in [0.1, 0.15) is 71.2 Å². The zero-order valence-corrected chi connectivity index (χ0v) is 70.3. The number of phenolic OH excluding ortho intramolecular Hbond substituents is 1. The van der Waals surface area contributed by atoms with Crippen molar-refractivity contribution in [1.29, 1.82) is 0 Å². The molecule has 0 aliphatic heterocycles. The number of thioether (sulfide) groups is 2. The lowest BCUT2D eigenvalue weighted by Gasteiger charge is -2.23. The third-order valence-electron chi connectivity index (χ3n) is 10.0. The first-order valence-electron chi connectivity index (χ1n) is 24.4. The Morgan fingerprint density at radius 3 is 1.40 bits per heavy atom. The molecular weight excluding hydrogens is 1660 g/mol. The summed E-state index contributed by atoms with van der Waals surface area (Å²) in [6.07, 6.45) is 2.38. The van der Waals surface area contributed by atoms with Gasteiger partial charge in [-0.2, -0.15) is 24.4 Å². The highest BCUT2D eigenvalue weighted by Gasteiger charge is 2.28. The van der Waals surface area contributed by atoms with Gasteiger partial charge in [-0.15, -0.1) is 12.6 Å². The van der Waals surface area contributed by atoms with Gasteiger partial charge in [0, 0.05) is 257 Å². The van der Waals surface area contributed by atoms with Gasteiger partial charge in [0.15, 0.2) is 0 Å². The quantitative estimate of drug-likeness (QED) is 0.0590. The lowest BCUT2D eigenvalue weighted by molar-refractivity contribution is -0.131. The Balaban J connectivity index is 0.00000139. The number of aromatic hydroxyl groups is 1. The van der Waals surface area contributed by atoms with Crippen molar-refractivity contribution in [2.45, 2.75) is 110 Å². The van der Waals surface area contributed by atoms with E-state index in [9.17, 15) is 33.9 Å². The van der Waals surface area contributed by atoms with E-state index in [4.69, 9.17) is 42.3 Å². The Kier molecular flexibility index (Phi) is 54.8. The molecule has 89 heavy (non-hydrogen) atoms. The molecule has 0 heterocycles. The number of nitrogens with one attached hydrogen (secondary N) is 4. The predicted molar refractivity (Wildman–Crippen MR) is 441 cm³/mol. The molecule has 0 bridgehead atoms. The summed E-state index contributed by atoms with van der Waals surface area (Å²) in [6, 6.07) is 13.2. The normalized spacial score (nSPS) is 12.0. The largest absolute Gasteiger partial charge is 0.508 e. The number of carbonyl (C=O) groups is 6. The smallest absolute Gasteiger partial charge is 0.243 e. The van der Waals surface area contributed by atoms with E-state index in [-0.39, 0.29) is 54.3 Å². The summed E-state index contributed by atoms with van der Waals surface area (Å²) in [7, 11) is 39.5. The second kappa shape index (κ2) is 54.5. The zero-order chi connectivity index (χ0) is 65.9. The Hall–Kier alpha value is 0.500. The molecule has 4 amide bonds. The van der Waals surface area contributed by atoms with Crippen molar-refractivity contribution < 1.29 is 48.1 Å². The highest BCUT2D eigenvalue weighted by Crippen LogP contribution is 2.32.